The summed E-state index contributed by atoms with van der Waals surface area (Å²) in [6.07, 6.45) is 2.86. The van der Waals surface area contributed by atoms with E-state index in [1.165, 1.54) is 0 Å². The Balaban J connectivity index is 2.17. The van der Waals surface area contributed by atoms with E-state index in [1.807, 2.05) is 6.92 Å². The number of carbonyl (C=O) groups excluding carboxylic acids is 1. The molecular formula is C10H15N3O2. The summed E-state index contributed by atoms with van der Waals surface area (Å²) in [5, 5.41) is 3.11. The Morgan fingerprint density at radius 1 is 1.60 bits per heavy atom. The van der Waals surface area contributed by atoms with Gasteiger partial charge in [0.25, 0.3) is 0 Å². The van der Waals surface area contributed by atoms with Crippen LogP contribution in [0.25, 0.3) is 0 Å². The Morgan fingerprint density at radius 3 is 3.07 bits per heavy atom. The maximum atomic E-state index is 10.2. The van der Waals surface area contributed by atoms with Crippen molar-refractivity contribution in [3.05, 3.63) is 29.6 Å². The number of hydrogen-bond acceptors (Lipinski definition) is 4. The second-order valence-electron chi connectivity index (χ2n) is 3.21. The third-order valence-corrected chi connectivity index (χ3v) is 1.78. The highest BCUT2D eigenvalue weighted by Crippen LogP contribution is 1.99. The molecule has 1 heterocycles. The molecule has 1 aromatic rings. The fraction of sp³-hybridized carbons (Fsp3) is 0.400. The summed E-state index contributed by atoms with van der Waals surface area (Å²) in [4.78, 5) is 14.3. The third kappa shape index (κ3) is 4.97. The van der Waals surface area contributed by atoms with Gasteiger partial charge >= 0.3 is 6.09 Å². The minimum absolute atomic E-state index is 0.286. The summed E-state index contributed by atoms with van der Waals surface area (Å²) in [7, 11) is 0. The van der Waals surface area contributed by atoms with Crippen LogP contribution in [-0.4, -0.2) is 24.2 Å². The molecule has 0 saturated heterocycles. The van der Waals surface area contributed by atoms with Crippen molar-refractivity contribution in [2.24, 2.45) is 5.73 Å². The molecule has 0 aliphatic rings. The number of ether oxygens (including phenoxy) is 1. The Bertz CT molecular complexity index is 328. The van der Waals surface area contributed by atoms with Crippen LogP contribution in [0, 0.1) is 6.92 Å². The van der Waals surface area contributed by atoms with E-state index in [2.05, 4.69) is 21.1 Å². The summed E-state index contributed by atoms with van der Waals surface area (Å²) in [6, 6.07) is 2.05. The van der Waals surface area contributed by atoms with Gasteiger partial charge in [-0.3, -0.25) is 4.98 Å². The van der Waals surface area contributed by atoms with Gasteiger partial charge in [-0.05, 0) is 18.1 Å². The Morgan fingerprint density at radius 2 is 2.40 bits per heavy atom. The number of amides is 1. The summed E-state index contributed by atoms with van der Waals surface area (Å²) >= 11 is 0. The standard InChI is InChI=1S/C10H15N3O2/c1-8-4-9(7-13-5-8)6-12-2-3-15-10(11)14/h4-5,7,12H,2-3,6H2,1H3,(H2,11,14). The third-order valence-electron chi connectivity index (χ3n) is 1.78. The number of hydrogen-bond donors (Lipinski definition) is 2. The second-order valence-corrected chi connectivity index (χ2v) is 3.21. The first-order valence-electron chi connectivity index (χ1n) is 4.72. The summed E-state index contributed by atoms with van der Waals surface area (Å²) < 4.78 is 4.56. The zero-order chi connectivity index (χ0) is 11.1. The summed E-state index contributed by atoms with van der Waals surface area (Å²) in [6.45, 7) is 3.56. The molecule has 0 spiro atoms. The van der Waals surface area contributed by atoms with Gasteiger partial charge in [-0.1, -0.05) is 6.07 Å². The van der Waals surface area contributed by atoms with E-state index < -0.39 is 6.09 Å². The molecular weight excluding hydrogens is 194 g/mol. The van der Waals surface area contributed by atoms with Gasteiger partial charge in [0.1, 0.15) is 6.61 Å². The van der Waals surface area contributed by atoms with Gasteiger partial charge in [0.2, 0.25) is 0 Å². The molecule has 0 bridgehead atoms. The van der Waals surface area contributed by atoms with Crippen LogP contribution in [0.4, 0.5) is 4.79 Å². The van der Waals surface area contributed by atoms with Crippen LogP contribution in [-0.2, 0) is 11.3 Å². The summed E-state index contributed by atoms with van der Waals surface area (Å²) in [5.74, 6) is 0. The van der Waals surface area contributed by atoms with E-state index in [0.29, 0.717) is 13.1 Å². The van der Waals surface area contributed by atoms with Gasteiger partial charge in [0.15, 0.2) is 0 Å². The van der Waals surface area contributed by atoms with Gasteiger partial charge in [-0.2, -0.15) is 0 Å². The van der Waals surface area contributed by atoms with Crippen molar-refractivity contribution in [2.45, 2.75) is 13.5 Å². The molecule has 0 atom stereocenters. The first kappa shape index (κ1) is 11.5. The molecule has 0 aromatic carbocycles. The number of pyridine rings is 1. The van der Waals surface area contributed by atoms with Gasteiger partial charge in [-0.25, -0.2) is 4.79 Å². The number of rotatable bonds is 5. The number of nitrogens with one attached hydrogen (secondary N) is 1. The molecule has 0 fully saturated rings. The fourth-order valence-electron chi connectivity index (χ4n) is 1.17. The molecule has 5 heteroatoms. The number of aromatic nitrogens is 1. The molecule has 1 rings (SSSR count). The summed E-state index contributed by atoms with van der Waals surface area (Å²) in [5.41, 5.74) is 7.04. The fourth-order valence-corrected chi connectivity index (χ4v) is 1.17. The zero-order valence-corrected chi connectivity index (χ0v) is 8.69. The van der Waals surface area contributed by atoms with E-state index >= 15 is 0 Å². The monoisotopic (exact) mass is 209 g/mol. The second kappa shape index (κ2) is 5.98. The number of nitrogens with zero attached hydrogens (tertiary/aromatic N) is 1. The first-order valence-corrected chi connectivity index (χ1v) is 4.72. The van der Waals surface area contributed by atoms with Gasteiger partial charge < -0.3 is 15.8 Å². The number of aryl methyl sites for hydroxylation is 1. The van der Waals surface area contributed by atoms with Crippen LogP contribution in [0.15, 0.2) is 18.5 Å². The van der Waals surface area contributed by atoms with Gasteiger partial charge in [-0.15, -0.1) is 0 Å². The van der Waals surface area contributed by atoms with Crippen LogP contribution < -0.4 is 11.1 Å². The molecule has 15 heavy (non-hydrogen) atoms. The molecule has 0 aliphatic heterocycles. The average Bonchev–Trinajstić information content (AvgIpc) is 2.17. The molecule has 0 radical (unpaired) electrons. The SMILES string of the molecule is Cc1cncc(CNCCOC(N)=O)c1. The van der Waals surface area contributed by atoms with Crippen LogP contribution in [0.1, 0.15) is 11.1 Å². The van der Waals surface area contributed by atoms with Crippen molar-refractivity contribution in [1.82, 2.24) is 10.3 Å². The van der Waals surface area contributed by atoms with Gasteiger partial charge in [0, 0.05) is 25.5 Å². The molecule has 82 valence electrons. The highest BCUT2D eigenvalue weighted by molar-refractivity contribution is 5.64. The Labute approximate surface area is 88.6 Å². The highest BCUT2D eigenvalue weighted by atomic mass is 16.5. The van der Waals surface area contributed by atoms with Crippen LogP contribution in [0.3, 0.4) is 0 Å². The molecule has 0 saturated carbocycles. The predicted molar refractivity (Wildman–Crippen MR) is 56.2 cm³/mol. The topological polar surface area (TPSA) is 77.2 Å². The quantitative estimate of drug-likeness (QED) is 0.695. The van der Waals surface area contributed by atoms with Crippen LogP contribution in [0.5, 0.6) is 0 Å². The molecule has 0 unspecified atom stereocenters. The molecule has 0 aliphatic carbocycles. The lowest BCUT2D eigenvalue weighted by atomic mass is 10.2. The zero-order valence-electron chi connectivity index (χ0n) is 8.69. The molecule has 5 nitrogen and oxygen atoms in total. The van der Waals surface area contributed by atoms with Crippen molar-refractivity contribution >= 4 is 6.09 Å². The highest BCUT2D eigenvalue weighted by Gasteiger charge is 1.95. The number of carbonyl (C=O) groups is 1. The van der Waals surface area contributed by atoms with E-state index in [-0.39, 0.29) is 6.61 Å². The normalized spacial score (nSPS) is 9.93. The van der Waals surface area contributed by atoms with Crippen LogP contribution in [0.2, 0.25) is 0 Å². The van der Waals surface area contributed by atoms with E-state index in [0.717, 1.165) is 11.1 Å². The van der Waals surface area contributed by atoms with Crippen molar-refractivity contribution in [2.75, 3.05) is 13.2 Å². The minimum atomic E-state index is -0.742. The molecule has 1 amide bonds. The van der Waals surface area contributed by atoms with Crippen molar-refractivity contribution in [1.29, 1.82) is 0 Å². The van der Waals surface area contributed by atoms with E-state index in [9.17, 15) is 4.79 Å². The van der Waals surface area contributed by atoms with Crippen molar-refractivity contribution < 1.29 is 9.53 Å². The van der Waals surface area contributed by atoms with Gasteiger partial charge in [0.05, 0.1) is 0 Å². The first-order chi connectivity index (χ1) is 7.18. The lowest BCUT2D eigenvalue weighted by molar-refractivity contribution is 0.157. The maximum Gasteiger partial charge on any atom is 0.404 e. The molecule has 3 N–H and O–H groups in total. The van der Waals surface area contributed by atoms with E-state index in [4.69, 9.17) is 5.73 Å². The average molecular weight is 209 g/mol. The Kier molecular flexibility index (Phi) is 4.56. The van der Waals surface area contributed by atoms with Crippen LogP contribution >= 0.6 is 0 Å². The largest absolute Gasteiger partial charge is 0.448 e. The van der Waals surface area contributed by atoms with Crippen molar-refractivity contribution in [3.63, 3.8) is 0 Å². The number of nitrogens with two attached hydrogens (primary N) is 1. The Hall–Kier alpha value is -1.62. The lowest BCUT2D eigenvalue weighted by Crippen LogP contribution is -2.23. The minimum Gasteiger partial charge on any atom is -0.448 e. The van der Waals surface area contributed by atoms with E-state index in [1.54, 1.807) is 12.4 Å². The molecule has 1 aromatic heterocycles. The maximum absolute atomic E-state index is 10.2. The smallest absolute Gasteiger partial charge is 0.404 e. The number of primary amides is 1. The lowest BCUT2D eigenvalue weighted by Gasteiger charge is -2.05. The van der Waals surface area contributed by atoms with Crippen molar-refractivity contribution in [3.8, 4) is 0 Å². The predicted octanol–water partition coefficient (Wildman–Crippen LogP) is 0.575.